The SMILES string of the molecule is O=C(NC1CCCCC1)C(Nc1cccc(F)c1)c1ccccc1. The third-order valence-electron chi connectivity index (χ3n) is 4.48. The number of halogens is 1. The fourth-order valence-corrected chi connectivity index (χ4v) is 3.22. The average molecular weight is 326 g/mol. The lowest BCUT2D eigenvalue weighted by Gasteiger charge is -2.26. The van der Waals surface area contributed by atoms with E-state index in [4.69, 9.17) is 0 Å². The maximum atomic E-state index is 13.5. The first kappa shape index (κ1) is 16.5. The number of carbonyl (C=O) groups is 1. The van der Waals surface area contributed by atoms with E-state index in [0.717, 1.165) is 31.2 Å². The number of rotatable bonds is 5. The van der Waals surface area contributed by atoms with Crippen LogP contribution in [0.15, 0.2) is 54.6 Å². The third kappa shape index (κ3) is 4.34. The van der Waals surface area contributed by atoms with Crippen molar-refractivity contribution in [1.82, 2.24) is 5.32 Å². The summed E-state index contributed by atoms with van der Waals surface area (Å²) in [5.74, 6) is -0.378. The van der Waals surface area contributed by atoms with Crippen LogP contribution in [-0.4, -0.2) is 11.9 Å². The van der Waals surface area contributed by atoms with Gasteiger partial charge in [-0.15, -0.1) is 0 Å². The predicted molar refractivity (Wildman–Crippen MR) is 94.2 cm³/mol. The Kier molecular flexibility index (Phi) is 5.47. The van der Waals surface area contributed by atoms with Crippen molar-refractivity contribution in [1.29, 1.82) is 0 Å². The Labute approximate surface area is 142 Å². The average Bonchev–Trinajstić information content (AvgIpc) is 2.61. The summed E-state index contributed by atoms with van der Waals surface area (Å²) >= 11 is 0. The molecule has 0 bridgehead atoms. The van der Waals surface area contributed by atoms with Crippen LogP contribution in [-0.2, 0) is 4.79 Å². The van der Waals surface area contributed by atoms with Crippen LogP contribution in [0, 0.1) is 5.82 Å². The van der Waals surface area contributed by atoms with Gasteiger partial charge in [0, 0.05) is 11.7 Å². The second kappa shape index (κ2) is 7.95. The van der Waals surface area contributed by atoms with E-state index in [9.17, 15) is 9.18 Å². The van der Waals surface area contributed by atoms with Crippen LogP contribution in [0.25, 0.3) is 0 Å². The first-order valence-electron chi connectivity index (χ1n) is 8.60. The van der Waals surface area contributed by atoms with Crippen LogP contribution < -0.4 is 10.6 Å². The lowest BCUT2D eigenvalue weighted by molar-refractivity contribution is -0.122. The van der Waals surface area contributed by atoms with Gasteiger partial charge < -0.3 is 10.6 Å². The fourth-order valence-electron chi connectivity index (χ4n) is 3.22. The number of hydrogen-bond donors (Lipinski definition) is 2. The Balaban J connectivity index is 1.77. The number of nitrogens with one attached hydrogen (secondary N) is 2. The van der Waals surface area contributed by atoms with Gasteiger partial charge >= 0.3 is 0 Å². The molecule has 2 N–H and O–H groups in total. The minimum absolute atomic E-state index is 0.0580. The molecule has 0 saturated heterocycles. The van der Waals surface area contributed by atoms with Crippen molar-refractivity contribution >= 4 is 11.6 Å². The quantitative estimate of drug-likeness (QED) is 0.853. The summed E-state index contributed by atoms with van der Waals surface area (Å²) in [6.45, 7) is 0. The molecule has 24 heavy (non-hydrogen) atoms. The molecule has 1 fully saturated rings. The first-order chi connectivity index (χ1) is 11.7. The first-order valence-corrected chi connectivity index (χ1v) is 8.60. The monoisotopic (exact) mass is 326 g/mol. The van der Waals surface area contributed by atoms with E-state index >= 15 is 0 Å². The van der Waals surface area contributed by atoms with E-state index < -0.39 is 6.04 Å². The predicted octanol–water partition coefficient (Wildman–Crippen LogP) is 4.43. The largest absolute Gasteiger partial charge is 0.370 e. The number of anilines is 1. The molecule has 0 heterocycles. The Hall–Kier alpha value is -2.36. The highest BCUT2D eigenvalue weighted by atomic mass is 19.1. The standard InChI is InChI=1S/C20H23FN2O/c21-16-10-7-13-18(14-16)22-19(15-8-3-1-4-9-15)20(24)23-17-11-5-2-6-12-17/h1,3-4,7-10,13-14,17,19,22H,2,5-6,11-12H2,(H,23,24). The molecule has 0 radical (unpaired) electrons. The van der Waals surface area contributed by atoms with Crippen molar-refractivity contribution < 1.29 is 9.18 Å². The molecule has 2 aromatic carbocycles. The summed E-state index contributed by atoms with van der Waals surface area (Å²) in [5, 5.41) is 6.33. The molecule has 2 aromatic rings. The van der Waals surface area contributed by atoms with E-state index in [1.54, 1.807) is 12.1 Å². The molecule has 126 valence electrons. The van der Waals surface area contributed by atoms with E-state index in [1.165, 1.54) is 18.6 Å². The molecule has 0 spiro atoms. The van der Waals surface area contributed by atoms with Crippen molar-refractivity contribution in [2.24, 2.45) is 0 Å². The zero-order chi connectivity index (χ0) is 16.8. The molecule has 1 amide bonds. The molecule has 1 atom stereocenters. The van der Waals surface area contributed by atoms with Crippen molar-refractivity contribution in [3.05, 3.63) is 66.0 Å². The summed E-state index contributed by atoms with van der Waals surface area (Å²) in [7, 11) is 0. The molecular formula is C20H23FN2O. The second-order valence-electron chi connectivity index (χ2n) is 6.34. The van der Waals surface area contributed by atoms with Crippen molar-refractivity contribution in [3.8, 4) is 0 Å². The van der Waals surface area contributed by atoms with Gasteiger partial charge in [0.05, 0.1) is 0 Å². The zero-order valence-electron chi connectivity index (χ0n) is 13.7. The Morgan fingerprint density at radius 1 is 1.00 bits per heavy atom. The summed E-state index contributed by atoms with van der Waals surface area (Å²) in [6.07, 6.45) is 5.65. The van der Waals surface area contributed by atoms with Crippen LogP contribution in [0.5, 0.6) is 0 Å². The minimum atomic E-state index is -0.532. The maximum absolute atomic E-state index is 13.5. The van der Waals surface area contributed by atoms with Crippen molar-refractivity contribution in [2.75, 3.05) is 5.32 Å². The minimum Gasteiger partial charge on any atom is -0.370 e. The van der Waals surface area contributed by atoms with Crippen molar-refractivity contribution in [2.45, 2.75) is 44.2 Å². The molecule has 1 saturated carbocycles. The van der Waals surface area contributed by atoms with Gasteiger partial charge in [0.15, 0.2) is 0 Å². The topological polar surface area (TPSA) is 41.1 Å². The summed E-state index contributed by atoms with van der Waals surface area (Å²) < 4.78 is 13.5. The smallest absolute Gasteiger partial charge is 0.247 e. The van der Waals surface area contributed by atoms with Crippen LogP contribution in [0.1, 0.15) is 43.7 Å². The Bertz CT molecular complexity index is 668. The van der Waals surface area contributed by atoms with Gasteiger partial charge in [-0.2, -0.15) is 0 Å². The highest BCUT2D eigenvalue weighted by Crippen LogP contribution is 2.23. The molecule has 0 aromatic heterocycles. The lowest BCUT2D eigenvalue weighted by Crippen LogP contribution is -2.41. The van der Waals surface area contributed by atoms with Gasteiger partial charge in [-0.1, -0.05) is 55.7 Å². The Morgan fingerprint density at radius 3 is 2.46 bits per heavy atom. The molecule has 1 aliphatic carbocycles. The number of amides is 1. The Morgan fingerprint density at radius 2 is 1.75 bits per heavy atom. The maximum Gasteiger partial charge on any atom is 0.247 e. The van der Waals surface area contributed by atoms with Crippen molar-refractivity contribution in [3.63, 3.8) is 0 Å². The van der Waals surface area contributed by atoms with E-state index in [1.807, 2.05) is 30.3 Å². The van der Waals surface area contributed by atoms with E-state index in [0.29, 0.717) is 5.69 Å². The molecule has 0 aliphatic heterocycles. The van der Waals surface area contributed by atoms with Crippen LogP contribution >= 0.6 is 0 Å². The van der Waals surface area contributed by atoms with Gasteiger partial charge in [0.25, 0.3) is 0 Å². The zero-order valence-corrected chi connectivity index (χ0v) is 13.7. The fraction of sp³-hybridized carbons (Fsp3) is 0.350. The van der Waals surface area contributed by atoms with Crippen LogP contribution in [0.2, 0.25) is 0 Å². The highest BCUT2D eigenvalue weighted by molar-refractivity contribution is 5.86. The number of carbonyl (C=O) groups excluding carboxylic acids is 1. The summed E-state index contributed by atoms with van der Waals surface area (Å²) in [6, 6.07) is 15.5. The van der Waals surface area contributed by atoms with Crippen LogP contribution in [0.3, 0.4) is 0 Å². The third-order valence-corrected chi connectivity index (χ3v) is 4.48. The normalized spacial score (nSPS) is 16.4. The van der Waals surface area contributed by atoms with Gasteiger partial charge in [-0.05, 0) is 36.6 Å². The molecule has 1 unspecified atom stereocenters. The molecule has 1 aliphatic rings. The number of benzene rings is 2. The molecule has 3 rings (SSSR count). The summed E-state index contributed by atoms with van der Waals surface area (Å²) in [5.41, 5.74) is 1.47. The molecule has 4 heteroatoms. The second-order valence-corrected chi connectivity index (χ2v) is 6.34. The number of hydrogen-bond acceptors (Lipinski definition) is 2. The van der Waals surface area contributed by atoms with Gasteiger partial charge in [-0.3, -0.25) is 4.79 Å². The van der Waals surface area contributed by atoms with Gasteiger partial charge in [0.2, 0.25) is 5.91 Å². The highest BCUT2D eigenvalue weighted by Gasteiger charge is 2.24. The van der Waals surface area contributed by atoms with Crippen LogP contribution in [0.4, 0.5) is 10.1 Å². The van der Waals surface area contributed by atoms with E-state index in [-0.39, 0.29) is 17.8 Å². The van der Waals surface area contributed by atoms with Gasteiger partial charge in [-0.25, -0.2) is 4.39 Å². The summed E-state index contributed by atoms with van der Waals surface area (Å²) in [4.78, 5) is 12.8. The van der Waals surface area contributed by atoms with E-state index in [2.05, 4.69) is 10.6 Å². The molecule has 3 nitrogen and oxygen atoms in total. The molecular weight excluding hydrogens is 303 g/mol. The van der Waals surface area contributed by atoms with Gasteiger partial charge in [0.1, 0.15) is 11.9 Å². The lowest BCUT2D eigenvalue weighted by atomic mass is 9.95.